The molecule has 0 aliphatic carbocycles. The second-order valence-electron chi connectivity index (χ2n) is 8.73. The minimum Gasteiger partial charge on any atom is -0.395 e. The fraction of sp³-hybridized carbons (Fsp3) is 0.500. The molecule has 2 aromatic rings. The second kappa shape index (κ2) is 9.25. The van der Waals surface area contributed by atoms with Crippen molar-refractivity contribution in [2.24, 2.45) is 0 Å². The van der Waals surface area contributed by atoms with Gasteiger partial charge in [0, 0.05) is 43.5 Å². The average molecular weight is 409 g/mol. The molecular weight excluding hydrogens is 376 g/mol. The van der Waals surface area contributed by atoms with Gasteiger partial charge in [-0.1, -0.05) is 30.3 Å². The molecule has 0 bridgehead atoms. The Bertz CT molecular complexity index is 840. The van der Waals surface area contributed by atoms with Gasteiger partial charge < -0.3 is 14.9 Å². The van der Waals surface area contributed by atoms with Crippen LogP contribution in [0.25, 0.3) is 11.1 Å². The van der Waals surface area contributed by atoms with E-state index in [4.69, 9.17) is 0 Å². The molecule has 1 N–H and O–H groups in total. The van der Waals surface area contributed by atoms with Crippen LogP contribution in [0.5, 0.6) is 0 Å². The number of nitrogens with zero attached hydrogens (tertiary/aromatic N) is 4. The molecule has 2 aliphatic heterocycles. The highest BCUT2D eigenvalue weighted by Crippen LogP contribution is 2.42. The Morgan fingerprint density at radius 1 is 1.13 bits per heavy atom. The molecule has 0 unspecified atom stereocenters. The first-order valence-electron chi connectivity index (χ1n) is 10.9. The zero-order valence-electron chi connectivity index (χ0n) is 17.9. The summed E-state index contributed by atoms with van der Waals surface area (Å²) in [5.74, 6) is 0.436. The zero-order chi connectivity index (χ0) is 21.1. The number of hydrogen-bond donors (Lipinski definition) is 1. The van der Waals surface area contributed by atoms with Crippen LogP contribution < -0.4 is 0 Å². The Morgan fingerprint density at radius 3 is 2.57 bits per heavy atom. The molecule has 0 saturated carbocycles. The lowest BCUT2D eigenvalue weighted by Crippen LogP contribution is -2.68. The maximum absolute atomic E-state index is 12.8. The van der Waals surface area contributed by atoms with E-state index in [2.05, 4.69) is 40.2 Å². The van der Waals surface area contributed by atoms with E-state index in [1.54, 1.807) is 6.20 Å². The van der Waals surface area contributed by atoms with Crippen LogP contribution in [0, 0.1) is 0 Å². The number of rotatable bonds is 5. The van der Waals surface area contributed by atoms with Crippen molar-refractivity contribution in [3.05, 3.63) is 54.4 Å². The number of carbonyl (C=O) groups excluding carboxylic acids is 1. The highest BCUT2D eigenvalue weighted by molar-refractivity contribution is 5.78. The topological polar surface area (TPSA) is 59.9 Å². The lowest BCUT2D eigenvalue weighted by Gasteiger charge is -2.57. The highest BCUT2D eigenvalue weighted by Gasteiger charge is 2.49. The fourth-order valence-electron chi connectivity index (χ4n) is 4.97. The van der Waals surface area contributed by atoms with Crippen molar-refractivity contribution >= 4 is 5.91 Å². The van der Waals surface area contributed by atoms with Gasteiger partial charge in [-0.3, -0.25) is 14.7 Å². The maximum Gasteiger partial charge on any atom is 0.236 e. The zero-order valence-corrected chi connectivity index (χ0v) is 17.9. The summed E-state index contributed by atoms with van der Waals surface area (Å²) in [6.45, 7) is 3.15. The molecule has 1 aromatic carbocycles. The molecule has 30 heavy (non-hydrogen) atoms. The molecule has 160 valence electrons. The van der Waals surface area contributed by atoms with Gasteiger partial charge >= 0.3 is 0 Å². The summed E-state index contributed by atoms with van der Waals surface area (Å²) in [4.78, 5) is 23.3. The molecular formula is C24H32N4O2. The van der Waals surface area contributed by atoms with Gasteiger partial charge in [0.15, 0.2) is 0 Å². The minimum atomic E-state index is 0.128. The van der Waals surface area contributed by atoms with Crippen molar-refractivity contribution in [1.82, 2.24) is 19.7 Å². The normalized spacial score (nSPS) is 24.7. The number of aliphatic hydroxyl groups excluding tert-OH is 1. The molecule has 2 fully saturated rings. The van der Waals surface area contributed by atoms with Gasteiger partial charge in [-0.25, -0.2) is 0 Å². The van der Waals surface area contributed by atoms with Crippen molar-refractivity contribution in [1.29, 1.82) is 0 Å². The van der Waals surface area contributed by atoms with E-state index in [1.165, 1.54) is 5.56 Å². The van der Waals surface area contributed by atoms with Gasteiger partial charge in [0.05, 0.1) is 13.2 Å². The molecule has 1 amide bonds. The van der Waals surface area contributed by atoms with Gasteiger partial charge in [-0.2, -0.15) is 0 Å². The number of benzene rings is 1. The monoisotopic (exact) mass is 408 g/mol. The summed E-state index contributed by atoms with van der Waals surface area (Å²) in [7, 11) is 3.87. The van der Waals surface area contributed by atoms with Crippen LogP contribution in [0.1, 0.15) is 24.3 Å². The summed E-state index contributed by atoms with van der Waals surface area (Å²) >= 11 is 0. The Labute approximate surface area is 179 Å². The highest BCUT2D eigenvalue weighted by atomic mass is 16.3. The summed E-state index contributed by atoms with van der Waals surface area (Å²) in [6.07, 6.45) is 5.74. The first-order valence-corrected chi connectivity index (χ1v) is 10.9. The molecule has 6 heteroatoms. The third-order valence-corrected chi connectivity index (χ3v) is 6.46. The Balaban J connectivity index is 1.55. The van der Waals surface area contributed by atoms with E-state index in [0.29, 0.717) is 6.54 Å². The van der Waals surface area contributed by atoms with E-state index >= 15 is 0 Å². The molecule has 3 atom stereocenters. The van der Waals surface area contributed by atoms with Crippen LogP contribution in [0.2, 0.25) is 0 Å². The SMILES string of the molecule is CN(C)CC(=O)N1CCCCN2[C@H](C1)[C@H](c1ccc(-c3cccnc3)cc1)[C@@H]2CO. The molecule has 3 heterocycles. The van der Waals surface area contributed by atoms with Crippen molar-refractivity contribution in [2.75, 3.05) is 46.9 Å². The van der Waals surface area contributed by atoms with Crippen molar-refractivity contribution in [3.63, 3.8) is 0 Å². The van der Waals surface area contributed by atoms with E-state index in [1.807, 2.05) is 36.2 Å². The number of amides is 1. The standard InChI is InChI=1S/C24H32N4O2/c1-26(2)16-23(30)27-12-3-4-13-28-21(15-27)24(22(28)17-29)19-9-7-18(8-10-19)20-6-5-11-25-14-20/h5-11,14,21-22,24,29H,3-4,12-13,15-17H2,1-2H3/t21-,22+,24+/m1/s1. The number of pyridine rings is 1. The van der Waals surface area contributed by atoms with Crippen LogP contribution >= 0.6 is 0 Å². The van der Waals surface area contributed by atoms with Crippen molar-refractivity contribution in [3.8, 4) is 11.1 Å². The third kappa shape index (κ3) is 4.26. The Kier molecular flexibility index (Phi) is 6.46. The molecule has 2 saturated heterocycles. The summed E-state index contributed by atoms with van der Waals surface area (Å²) in [6, 6.07) is 13.0. The lowest BCUT2D eigenvalue weighted by molar-refractivity contribution is -0.137. The number of hydrogen-bond acceptors (Lipinski definition) is 5. The number of aromatic nitrogens is 1. The Morgan fingerprint density at radius 2 is 1.90 bits per heavy atom. The number of carbonyl (C=O) groups is 1. The van der Waals surface area contributed by atoms with Crippen LogP contribution in [0.4, 0.5) is 0 Å². The lowest BCUT2D eigenvalue weighted by atomic mass is 9.74. The van der Waals surface area contributed by atoms with Crippen LogP contribution in [0.3, 0.4) is 0 Å². The van der Waals surface area contributed by atoms with Crippen LogP contribution in [-0.4, -0.2) is 89.7 Å². The first-order chi connectivity index (χ1) is 14.6. The largest absolute Gasteiger partial charge is 0.395 e. The molecule has 2 aliphatic rings. The van der Waals surface area contributed by atoms with E-state index in [0.717, 1.165) is 43.6 Å². The molecule has 0 spiro atoms. The molecule has 1 aromatic heterocycles. The number of likely N-dealkylation sites (N-methyl/N-ethyl adjacent to an activating group) is 1. The molecule has 4 rings (SSSR count). The van der Waals surface area contributed by atoms with Gasteiger partial charge in [0.25, 0.3) is 0 Å². The second-order valence-corrected chi connectivity index (χ2v) is 8.73. The number of aliphatic hydroxyl groups is 1. The first kappa shape index (κ1) is 21.0. The fourth-order valence-corrected chi connectivity index (χ4v) is 4.97. The van der Waals surface area contributed by atoms with Crippen molar-refractivity contribution < 1.29 is 9.90 Å². The summed E-state index contributed by atoms with van der Waals surface area (Å²) < 4.78 is 0. The Hall–Kier alpha value is -2.28. The van der Waals surface area contributed by atoms with E-state index in [-0.39, 0.29) is 30.5 Å². The molecule has 0 radical (unpaired) electrons. The van der Waals surface area contributed by atoms with Gasteiger partial charge in [-0.15, -0.1) is 0 Å². The van der Waals surface area contributed by atoms with Gasteiger partial charge in [0.2, 0.25) is 5.91 Å². The van der Waals surface area contributed by atoms with Crippen molar-refractivity contribution in [2.45, 2.75) is 30.8 Å². The average Bonchev–Trinajstić information content (AvgIpc) is 2.73. The smallest absolute Gasteiger partial charge is 0.236 e. The predicted molar refractivity (Wildman–Crippen MR) is 118 cm³/mol. The van der Waals surface area contributed by atoms with Gasteiger partial charge in [0.1, 0.15) is 0 Å². The number of fused-ring (bicyclic) bond motifs is 1. The van der Waals surface area contributed by atoms with E-state index in [9.17, 15) is 9.90 Å². The summed E-state index contributed by atoms with van der Waals surface area (Å²) in [5.41, 5.74) is 3.48. The van der Waals surface area contributed by atoms with Crippen LogP contribution in [0.15, 0.2) is 48.8 Å². The summed E-state index contributed by atoms with van der Waals surface area (Å²) in [5, 5.41) is 10.1. The third-order valence-electron chi connectivity index (χ3n) is 6.46. The maximum atomic E-state index is 12.8. The quantitative estimate of drug-likeness (QED) is 0.821. The minimum absolute atomic E-state index is 0.128. The van der Waals surface area contributed by atoms with E-state index < -0.39 is 0 Å². The predicted octanol–water partition coefficient (Wildman–Crippen LogP) is 2.06. The molecule has 6 nitrogen and oxygen atoms in total. The van der Waals surface area contributed by atoms with Gasteiger partial charge in [-0.05, 0) is 56.2 Å². The van der Waals surface area contributed by atoms with Crippen LogP contribution in [-0.2, 0) is 4.79 Å².